The number of carboxylic acids is 1. The predicted molar refractivity (Wildman–Crippen MR) is 48.8 cm³/mol. The quantitative estimate of drug-likeness (QED) is 0.802. The molecule has 1 aromatic heterocycles. The van der Waals surface area contributed by atoms with Crippen LogP contribution in [0, 0.1) is 6.92 Å². The molecule has 15 heavy (non-hydrogen) atoms. The summed E-state index contributed by atoms with van der Waals surface area (Å²) < 4.78 is 24.9. The van der Waals surface area contributed by atoms with E-state index >= 15 is 0 Å². The number of rotatable bonds is 3. The summed E-state index contributed by atoms with van der Waals surface area (Å²) in [6.45, 7) is 1.52. The second-order valence-electron chi connectivity index (χ2n) is 2.98. The Bertz CT molecular complexity index is 394. The van der Waals surface area contributed by atoms with Gasteiger partial charge in [-0.05, 0) is 18.1 Å². The third-order valence-corrected chi connectivity index (χ3v) is 2.11. The maximum absolute atomic E-state index is 12.4. The van der Waals surface area contributed by atoms with Gasteiger partial charge in [0.2, 0.25) is 0 Å². The molecule has 0 saturated heterocycles. The van der Waals surface area contributed by atoms with Crippen LogP contribution in [0.3, 0.4) is 0 Å². The third-order valence-electron chi connectivity index (χ3n) is 2.11. The Balaban J connectivity index is 3.44. The lowest BCUT2D eigenvalue weighted by Crippen LogP contribution is -2.12. The molecule has 0 fully saturated rings. The topological polar surface area (TPSA) is 76.2 Å². The second-order valence-corrected chi connectivity index (χ2v) is 2.98. The Morgan fingerprint density at radius 3 is 2.67 bits per heavy atom. The first kappa shape index (κ1) is 11.5. The van der Waals surface area contributed by atoms with E-state index in [1.54, 1.807) is 0 Å². The Labute approximate surface area is 84.7 Å². The molecule has 0 aliphatic rings. The molecule has 82 valence electrons. The zero-order chi connectivity index (χ0) is 11.6. The lowest BCUT2D eigenvalue weighted by molar-refractivity contribution is 0.0681. The fourth-order valence-corrected chi connectivity index (χ4v) is 1.30. The van der Waals surface area contributed by atoms with Crippen molar-refractivity contribution in [1.29, 1.82) is 0 Å². The van der Waals surface area contributed by atoms with Crippen LogP contribution in [-0.2, 0) is 6.54 Å². The first-order valence-electron chi connectivity index (χ1n) is 4.19. The van der Waals surface area contributed by atoms with Crippen molar-refractivity contribution in [1.82, 2.24) is 4.98 Å². The number of alkyl halides is 2. The smallest absolute Gasteiger partial charge is 0.338 e. The molecular weight excluding hydrogens is 206 g/mol. The number of halogens is 2. The number of hydrogen-bond acceptors (Lipinski definition) is 3. The summed E-state index contributed by atoms with van der Waals surface area (Å²) >= 11 is 0. The number of carboxylic acid groups (broad SMARTS) is 1. The van der Waals surface area contributed by atoms with E-state index in [0.29, 0.717) is 5.56 Å². The molecule has 0 bridgehead atoms. The molecule has 6 heteroatoms. The molecule has 4 nitrogen and oxygen atoms in total. The van der Waals surface area contributed by atoms with Crippen LogP contribution in [-0.4, -0.2) is 16.1 Å². The van der Waals surface area contributed by atoms with Crippen molar-refractivity contribution in [2.75, 3.05) is 0 Å². The highest BCUT2D eigenvalue weighted by atomic mass is 19.3. The van der Waals surface area contributed by atoms with Gasteiger partial charge in [-0.25, -0.2) is 13.6 Å². The van der Waals surface area contributed by atoms with Crippen molar-refractivity contribution in [2.45, 2.75) is 19.9 Å². The molecule has 0 aliphatic carbocycles. The second kappa shape index (κ2) is 4.31. The SMILES string of the molecule is Cc1c(CN)cnc(C(F)F)c1C(=O)O. The Hall–Kier alpha value is -1.56. The van der Waals surface area contributed by atoms with Crippen LogP contribution in [0.5, 0.6) is 0 Å². The molecule has 0 radical (unpaired) electrons. The molecule has 1 heterocycles. The first-order chi connectivity index (χ1) is 6.99. The number of nitrogens with zero attached hydrogens (tertiary/aromatic N) is 1. The van der Waals surface area contributed by atoms with Crippen molar-refractivity contribution in [2.24, 2.45) is 5.73 Å². The van der Waals surface area contributed by atoms with Crippen LogP contribution in [0.1, 0.15) is 33.6 Å². The van der Waals surface area contributed by atoms with Crippen molar-refractivity contribution in [3.8, 4) is 0 Å². The highest BCUT2D eigenvalue weighted by molar-refractivity contribution is 5.91. The lowest BCUT2D eigenvalue weighted by atomic mass is 10.0. The minimum absolute atomic E-state index is 0.0721. The Morgan fingerprint density at radius 1 is 1.67 bits per heavy atom. The van der Waals surface area contributed by atoms with Gasteiger partial charge in [0.05, 0.1) is 5.56 Å². The van der Waals surface area contributed by atoms with Crippen LogP contribution in [0.15, 0.2) is 6.20 Å². The summed E-state index contributed by atoms with van der Waals surface area (Å²) in [5.74, 6) is -1.41. The predicted octanol–water partition coefficient (Wildman–Crippen LogP) is 1.48. The summed E-state index contributed by atoms with van der Waals surface area (Å²) in [7, 11) is 0. The molecular formula is C9H10F2N2O2. The van der Waals surface area contributed by atoms with Crippen molar-refractivity contribution in [3.05, 3.63) is 28.6 Å². The van der Waals surface area contributed by atoms with Gasteiger partial charge < -0.3 is 10.8 Å². The molecule has 0 spiro atoms. The first-order valence-corrected chi connectivity index (χ1v) is 4.19. The fourth-order valence-electron chi connectivity index (χ4n) is 1.30. The van der Waals surface area contributed by atoms with Crippen molar-refractivity contribution in [3.63, 3.8) is 0 Å². The van der Waals surface area contributed by atoms with Gasteiger partial charge in [0.15, 0.2) is 0 Å². The molecule has 0 amide bonds. The summed E-state index contributed by atoms with van der Waals surface area (Å²) in [4.78, 5) is 14.2. The minimum atomic E-state index is -2.90. The normalized spacial score (nSPS) is 10.7. The van der Waals surface area contributed by atoms with Crippen LogP contribution in [0.2, 0.25) is 0 Å². The largest absolute Gasteiger partial charge is 0.478 e. The molecule has 1 rings (SSSR count). The summed E-state index contributed by atoms with van der Waals surface area (Å²) in [6.07, 6.45) is -1.72. The number of aromatic carboxylic acids is 1. The molecule has 0 aliphatic heterocycles. The standard InChI is InChI=1S/C9H10F2N2O2/c1-4-5(2-12)3-13-7(8(10)11)6(4)9(14)15/h3,8H,2,12H2,1H3,(H,14,15). The average molecular weight is 216 g/mol. The van der Waals surface area contributed by atoms with Crippen molar-refractivity contribution < 1.29 is 18.7 Å². The van der Waals surface area contributed by atoms with Gasteiger partial charge in [-0.1, -0.05) is 0 Å². The van der Waals surface area contributed by atoms with Crippen LogP contribution in [0.25, 0.3) is 0 Å². The monoisotopic (exact) mass is 216 g/mol. The van der Waals surface area contributed by atoms with E-state index < -0.39 is 23.7 Å². The number of pyridine rings is 1. The molecule has 0 unspecified atom stereocenters. The van der Waals surface area contributed by atoms with E-state index in [0.717, 1.165) is 0 Å². The van der Waals surface area contributed by atoms with Gasteiger partial charge in [-0.15, -0.1) is 0 Å². The van der Waals surface area contributed by atoms with E-state index in [1.807, 2.05) is 0 Å². The van der Waals surface area contributed by atoms with Gasteiger partial charge in [-0.2, -0.15) is 0 Å². The molecule has 0 atom stereocenters. The maximum Gasteiger partial charge on any atom is 0.338 e. The van der Waals surface area contributed by atoms with Gasteiger partial charge in [0.1, 0.15) is 5.69 Å². The van der Waals surface area contributed by atoms with Gasteiger partial charge >= 0.3 is 5.97 Å². The van der Waals surface area contributed by atoms with Gasteiger partial charge in [0.25, 0.3) is 6.43 Å². The van der Waals surface area contributed by atoms with Crippen molar-refractivity contribution >= 4 is 5.97 Å². The maximum atomic E-state index is 12.4. The van der Waals surface area contributed by atoms with E-state index in [2.05, 4.69) is 4.98 Å². The lowest BCUT2D eigenvalue weighted by Gasteiger charge is -2.10. The number of hydrogen-bond donors (Lipinski definition) is 2. The van der Waals surface area contributed by atoms with Gasteiger partial charge in [-0.3, -0.25) is 4.98 Å². The minimum Gasteiger partial charge on any atom is -0.478 e. The van der Waals surface area contributed by atoms with E-state index in [4.69, 9.17) is 10.8 Å². The highest BCUT2D eigenvalue weighted by Crippen LogP contribution is 2.24. The van der Waals surface area contributed by atoms with E-state index in [9.17, 15) is 13.6 Å². The van der Waals surface area contributed by atoms with Gasteiger partial charge in [0, 0.05) is 12.7 Å². The Morgan fingerprint density at radius 2 is 2.27 bits per heavy atom. The zero-order valence-corrected chi connectivity index (χ0v) is 8.00. The number of carbonyl (C=O) groups is 1. The zero-order valence-electron chi connectivity index (χ0n) is 8.00. The number of nitrogens with two attached hydrogens (primary N) is 1. The summed E-state index contributed by atoms with van der Waals surface area (Å²) in [5.41, 5.74) is 4.86. The molecule has 0 aromatic carbocycles. The molecule has 3 N–H and O–H groups in total. The van der Waals surface area contributed by atoms with Crippen LogP contribution >= 0.6 is 0 Å². The van der Waals surface area contributed by atoms with E-state index in [1.165, 1.54) is 13.1 Å². The van der Waals surface area contributed by atoms with Crippen LogP contribution in [0.4, 0.5) is 8.78 Å². The number of aromatic nitrogens is 1. The van der Waals surface area contributed by atoms with Crippen LogP contribution < -0.4 is 5.73 Å². The molecule has 0 saturated carbocycles. The summed E-state index contributed by atoms with van der Waals surface area (Å²) in [5, 5.41) is 8.80. The summed E-state index contributed by atoms with van der Waals surface area (Å²) in [6, 6.07) is 0. The highest BCUT2D eigenvalue weighted by Gasteiger charge is 2.23. The fraction of sp³-hybridized carbons (Fsp3) is 0.333. The average Bonchev–Trinajstić information content (AvgIpc) is 2.16. The third kappa shape index (κ3) is 2.10. The molecule has 1 aromatic rings. The van der Waals surface area contributed by atoms with E-state index in [-0.39, 0.29) is 12.1 Å². The Kier molecular flexibility index (Phi) is 3.31.